The topological polar surface area (TPSA) is 72.7 Å². The van der Waals surface area contributed by atoms with E-state index in [0.717, 1.165) is 11.1 Å². The molecule has 3 rings (SSSR count). The Bertz CT molecular complexity index is 866. The second-order valence-corrected chi connectivity index (χ2v) is 6.19. The molecule has 1 N–H and O–H groups in total. The first kappa shape index (κ1) is 17.4. The van der Waals surface area contributed by atoms with E-state index in [1.54, 1.807) is 12.1 Å². The van der Waals surface area contributed by atoms with Crippen molar-refractivity contribution < 1.29 is 4.79 Å². The minimum absolute atomic E-state index is 0.00812. The van der Waals surface area contributed by atoms with E-state index in [0.29, 0.717) is 28.8 Å². The molecule has 25 heavy (non-hydrogen) atoms. The van der Waals surface area contributed by atoms with Crippen molar-refractivity contribution in [3.05, 3.63) is 64.1 Å². The highest BCUT2D eigenvalue weighted by Gasteiger charge is 2.09. The number of halogens is 2. The SMILES string of the molecule is O=C(Cn1nnc(-c2ccccc2)n1)NCCc1ccc(Cl)cc1Cl. The third-order valence-electron chi connectivity index (χ3n) is 3.50. The van der Waals surface area contributed by atoms with Crippen LogP contribution in [0, 0.1) is 0 Å². The fourth-order valence-corrected chi connectivity index (χ4v) is 2.76. The van der Waals surface area contributed by atoms with Gasteiger partial charge in [-0.05, 0) is 29.3 Å². The summed E-state index contributed by atoms with van der Waals surface area (Å²) in [5, 5.41) is 16.1. The van der Waals surface area contributed by atoms with Crippen molar-refractivity contribution in [2.75, 3.05) is 6.54 Å². The first-order valence-corrected chi connectivity index (χ1v) is 8.41. The summed E-state index contributed by atoms with van der Waals surface area (Å²) < 4.78 is 0. The number of rotatable bonds is 6. The van der Waals surface area contributed by atoms with Gasteiger partial charge in [-0.1, -0.05) is 59.6 Å². The normalized spacial score (nSPS) is 10.6. The van der Waals surface area contributed by atoms with Crippen LogP contribution in [0.4, 0.5) is 0 Å². The summed E-state index contributed by atoms with van der Waals surface area (Å²) in [7, 11) is 0. The molecular weight excluding hydrogens is 361 g/mol. The van der Waals surface area contributed by atoms with Crippen molar-refractivity contribution in [3.63, 3.8) is 0 Å². The molecule has 0 atom stereocenters. The van der Waals surface area contributed by atoms with Gasteiger partial charge in [-0.3, -0.25) is 4.79 Å². The Balaban J connectivity index is 1.50. The Kier molecular flexibility index (Phi) is 5.63. The van der Waals surface area contributed by atoms with E-state index >= 15 is 0 Å². The predicted octanol–water partition coefficient (Wildman–Crippen LogP) is 3.01. The summed E-state index contributed by atoms with van der Waals surface area (Å²) in [5.74, 6) is 0.295. The van der Waals surface area contributed by atoms with Crippen molar-refractivity contribution in [3.8, 4) is 11.4 Å². The average Bonchev–Trinajstić information content (AvgIpc) is 3.06. The minimum Gasteiger partial charge on any atom is -0.354 e. The molecule has 0 spiro atoms. The van der Waals surface area contributed by atoms with Crippen LogP contribution < -0.4 is 5.32 Å². The van der Waals surface area contributed by atoms with E-state index in [2.05, 4.69) is 20.7 Å². The van der Waals surface area contributed by atoms with Crippen LogP contribution in [0.25, 0.3) is 11.4 Å². The molecule has 6 nitrogen and oxygen atoms in total. The highest BCUT2D eigenvalue weighted by atomic mass is 35.5. The number of aromatic nitrogens is 4. The molecule has 8 heteroatoms. The van der Waals surface area contributed by atoms with Gasteiger partial charge in [-0.2, -0.15) is 4.80 Å². The Hall–Kier alpha value is -2.44. The van der Waals surface area contributed by atoms with Crippen LogP contribution >= 0.6 is 23.2 Å². The number of nitrogens with one attached hydrogen (secondary N) is 1. The van der Waals surface area contributed by atoms with Gasteiger partial charge < -0.3 is 5.32 Å². The molecular formula is C17H15Cl2N5O. The fraction of sp³-hybridized carbons (Fsp3) is 0.176. The Morgan fingerprint density at radius 1 is 1.12 bits per heavy atom. The summed E-state index contributed by atoms with van der Waals surface area (Å²) in [6.07, 6.45) is 0.613. The molecule has 0 unspecified atom stereocenters. The van der Waals surface area contributed by atoms with Gasteiger partial charge in [0, 0.05) is 22.2 Å². The van der Waals surface area contributed by atoms with Crippen molar-refractivity contribution in [2.45, 2.75) is 13.0 Å². The van der Waals surface area contributed by atoms with Gasteiger partial charge >= 0.3 is 0 Å². The van der Waals surface area contributed by atoms with Gasteiger partial charge in [0.15, 0.2) is 0 Å². The number of hydrogen-bond acceptors (Lipinski definition) is 4. The van der Waals surface area contributed by atoms with Crippen LogP contribution in [0.1, 0.15) is 5.56 Å². The molecule has 0 saturated heterocycles. The first-order valence-electron chi connectivity index (χ1n) is 7.65. The van der Waals surface area contributed by atoms with E-state index in [4.69, 9.17) is 23.2 Å². The standard InChI is InChI=1S/C17H15Cl2N5O/c18-14-7-6-12(15(19)10-14)8-9-20-16(25)11-24-22-17(21-23-24)13-4-2-1-3-5-13/h1-7,10H,8-9,11H2,(H,20,25). The Labute approximate surface area is 154 Å². The number of carbonyl (C=O) groups is 1. The number of hydrogen-bond donors (Lipinski definition) is 1. The number of amides is 1. The van der Waals surface area contributed by atoms with E-state index in [1.807, 2.05) is 36.4 Å². The van der Waals surface area contributed by atoms with Gasteiger partial charge in [-0.25, -0.2) is 0 Å². The molecule has 2 aromatic carbocycles. The van der Waals surface area contributed by atoms with Gasteiger partial charge in [-0.15, -0.1) is 10.2 Å². The lowest BCUT2D eigenvalue weighted by Crippen LogP contribution is -2.30. The Morgan fingerprint density at radius 3 is 2.68 bits per heavy atom. The second kappa shape index (κ2) is 8.09. The maximum atomic E-state index is 12.0. The van der Waals surface area contributed by atoms with Crippen molar-refractivity contribution in [1.29, 1.82) is 0 Å². The average molecular weight is 376 g/mol. The van der Waals surface area contributed by atoms with Gasteiger partial charge in [0.05, 0.1) is 0 Å². The quantitative estimate of drug-likeness (QED) is 0.718. The van der Waals surface area contributed by atoms with E-state index in [9.17, 15) is 4.79 Å². The zero-order valence-electron chi connectivity index (χ0n) is 13.2. The predicted molar refractivity (Wildman–Crippen MR) is 96.4 cm³/mol. The van der Waals surface area contributed by atoms with E-state index < -0.39 is 0 Å². The van der Waals surface area contributed by atoms with Crippen LogP contribution in [0.5, 0.6) is 0 Å². The van der Waals surface area contributed by atoms with E-state index in [1.165, 1.54) is 4.80 Å². The first-order chi connectivity index (χ1) is 12.1. The molecule has 1 amide bonds. The van der Waals surface area contributed by atoms with Crippen molar-refractivity contribution in [1.82, 2.24) is 25.5 Å². The number of benzene rings is 2. The van der Waals surface area contributed by atoms with Crippen LogP contribution in [0.3, 0.4) is 0 Å². The number of tetrazole rings is 1. The molecule has 0 aliphatic heterocycles. The lowest BCUT2D eigenvalue weighted by molar-refractivity contribution is -0.122. The molecule has 0 fully saturated rings. The second-order valence-electron chi connectivity index (χ2n) is 5.35. The lowest BCUT2D eigenvalue weighted by Gasteiger charge is -2.06. The molecule has 0 aliphatic rings. The molecule has 0 radical (unpaired) electrons. The molecule has 128 valence electrons. The lowest BCUT2D eigenvalue weighted by atomic mass is 10.1. The minimum atomic E-state index is -0.193. The highest BCUT2D eigenvalue weighted by Crippen LogP contribution is 2.21. The summed E-state index contributed by atoms with van der Waals surface area (Å²) in [4.78, 5) is 13.3. The number of nitrogens with zero attached hydrogens (tertiary/aromatic N) is 4. The van der Waals surface area contributed by atoms with Crippen LogP contribution in [-0.4, -0.2) is 32.7 Å². The monoisotopic (exact) mass is 375 g/mol. The molecule has 1 aromatic heterocycles. The fourth-order valence-electron chi connectivity index (χ4n) is 2.26. The zero-order valence-corrected chi connectivity index (χ0v) is 14.7. The van der Waals surface area contributed by atoms with Crippen LogP contribution in [0.2, 0.25) is 10.0 Å². The highest BCUT2D eigenvalue weighted by molar-refractivity contribution is 6.35. The Morgan fingerprint density at radius 2 is 1.92 bits per heavy atom. The van der Waals surface area contributed by atoms with Gasteiger partial charge in [0.25, 0.3) is 0 Å². The van der Waals surface area contributed by atoms with Gasteiger partial charge in [0.1, 0.15) is 6.54 Å². The zero-order chi connectivity index (χ0) is 17.6. The smallest absolute Gasteiger partial charge is 0.243 e. The summed E-state index contributed by atoms with van der Waals surface area (Å²) in [6.45, 7) is 0.467. The van der Waals surface area contributed by atoms with E-state index in [-0.39, 0.29) is 12.5 Å². The van der Waals surface area contributed by atoms with Crippen molar-refractivity contribution in [2.24, 2.45) is 0 Å². The van der Waals surface area contributed by atoms with Crippen molar-refractivity contribution >= 4 is 29.1 Å². The maximum Gasteiger partial charge on any atom is 0.243 e. The maximum absolute atomic E-state index is 12.0. The molecule has 0 aliphatic carbocycles. The number of carbonyl (C=O) groups excluding carboxylic acids is 1. The largest absolute Gasteiger partial charge is 0.354 e. The summed E-state index contributed by atoms with van der Waals surface area (Å²) in [5.41, 5.74) is 1.78. The summed E-state index contributed by atoms with van der Waals surface area (Å²) >= 11 is 12.0. The van der Waals surface area contributed by atoms with Crippen LogP contribution in [-0.2, 0) is 17.8 Å². The molecule has 0 bridgehead atoms. The molecule has 3 aromatic rings. The third-order valence-corrected chi connectivity index (χ3v) is 4.09. The van der Waals surface area contributed by atoms with Gasteiger partial charge in [0.2, 0.25) is 11.7 Å². The molecule has 1 heterocycles. The molecule has 0 saturated carbocycles. The third kappa shape index (κ3) is 4.78. The van der Waals surface area contributed by atoms with Crippen LogP contribution in [0.15, 0.2) is 48.5 Å². The summed E-state index contributed by atoms with van der Waals surface area (Å²) in [6, 6.07) is 14.8.